The average molecular weight is 334 g/mol. The molecule has 128 valence electrons. The summed E-state index contributed by atoms with van der Waals surface area (Å²) in [5, 5.41) is 16.9. The second-order valence-electron chi connectivity index (χ2n) is 6.22. The van der Waals surface area contributed by atoms with E-state index in [9.17, 15) is 18.0 Å². The molecule has 2 saturated carbocycles. The first kappa shape index (κ1) is 16.2. The Morgan fingerprint density at radius 1 is 1.09 bits per heavy atom. The van der Waals surface area contributed by atoms with Gasteiger partial charge in [-0.1, -0.05) is 0 Å². The van der Waals surface area contributed by atoms with Gasteiger partial charge in [-0.25, -0.2) is 0 Å². The van der Waals surface area contributed by atoms with E-state index in [1.807, 2.05) is 0 Å². The maximum atomic E-state index is 12.1. The van der Waals surface area contributed by atoms with E-state index in [1.54, 1.807) is 0 Å². The average Bonchev–Trinajstić information content (AvgIpc) is 2.90. The molecule has 0 bridgehead atoms. The fourth-order valence-electron chi connectivity index (χ4n) is 3.22. The second kappa shape index (κ2) is 6.10. The Kier molecular flexibility index (Phi) is 4.31. The molecule has 0 amide bonds. The maximum absolute atomic E-state index is 12.1. The number of ether oxygens (including phenoxy) is 1. The van der Waals surface area contributed by atoms with Crippen molar-refractivity contribution in [3.8, 4) is 0 Å². The zero-order valence-electron chi connectivity index (χ0n) is 12.3. The first-order valence-electron chi connectivity index (χ1n) is 7.62. The Morgan fingerprint density at radius 3 is 2.17 bits per heavy atom. The van der Waals surface area contributed by atoms with E-state index in [0.29, 0.717) is 37.5 Å². The highest BCUT2D eigenvalue weighted by molar-refractivity contribution is 5.70. The summed E-state index contributed by atoms with van der Waals surface area (Å²) < 4.78 is 45.8. The molecule has 6 nitrogen and oxygen atoms in total. The Labute approximate surface area is 130 Å². The van der Waals surface area contributed by atoms with Gasteiger partial charge in [-0.05, 0) is 38.5 Å². The van der Waals surface area contributed by atoms with Gasteiger partial charge in [0.1, 0.15) is 0 Å². The van der Waals surface area contributed by atoms with Crippen molar-refractivity contribution in [3.05, 3.63) is 11.8 Å². The highest BCUT2D eigenvalue weighted by Crippen LogP contribution is 2.42. The monoisotopic (exact) mass is 334 g/mol. The van der Waals surface area contributed by atoms with Gasteiger partial charge in [0.2, 0.25) is 11.8 Å². The molecule has 1 N–H and O–H groups in total. The summed E-state index contributed by atoms with van der Waals surface area (Å²) in [7, 11) is 0. The normalized spacial score (nSPS) is 31.6. The number of halogens is 3. The lowest BCUT2D eigenvalue weighted by atomic mass is 9.82. The van der Waals surface area contributed by atoms with Crippen LogP contribution in [0.5, 0.6) is 0 Å². The fourth-order valence-corrected chi connectivity index (χ4v) is 3.22. The maximum Gasteiger partial charge on any atom is 0.522 e. The minimum Gasteiger partial charge on any atom is -0.481 e. The molecule has 2 aliphatic carbocycles. The summed E-state index contributed by atoms with van der Waals surface area (Å²) in [6.07, 6.45) is -2.54. The molecule has 0 aromatic carbocycles. The summed E-state index contributed by atoms with van der Waals surface area (Å²) in [4.78, 5) is 10.9. The molecule has 2 fully saturated rings. The number of rotatable bonds is 4. The van der Waals surface area contributed by atoms with Crippen molar-refractivity contribution in [2.45, 2.75) is 62.8 Å². The van der Waals surface area contributed by atoms with Crippen LogP contribution in [-0.4, -0.2) is 33.7 Å². The van der Waals surface area contributed by atoms with Crippen LogP contribution in [0.1, 0.15) is 62.1 Å². The predicted octanol–water partition coefficient (Wildman–Crippen LogP) is 3.21. The number of aliphatic carboxylic acids is 1. The zero-order valence-corrected chi connectivity index (χ0v) is 12.3. The van der Waals surface area contributed by atoms with Gasteiger partial charge in [0.05, 0.1) is 12.0 Å². The van der Waals surface area contributed by atoms with Crippen molar-refractivity contribution < 1.29 is 32.2 Å². The van der Waals surface area contributed by atoms with Gasteiger partial charge in [0, 0.05) is 11.8 Å². The highest BCUT2D eigenvalue weighted by atomic mass is 19.4. The quantitative estimate of drug-likeness (QED) is 0.910. The van der Waals surface area contributed by atoms with E-state index in [2.05, 4.69) is 14.9 Å². The van der Waals surface area contributed by atoms with Crippen molar-refractivity contribution in [3.63, 3.8) is 0 Å². The van der Waals surface area contributed by atoms with E-state index in [1.165, 1.54) is 0 Å². The minimum absolute atomic E-state index is 0.0362. The Bertz CT molecular complexity index is 561. The second-order valence-corrected chi connectivity index (χ2v) is 6.22. The van der Waals surface area contributed by atoms with E-state index in [0.717, 1.165) is 0 Å². The smallest absolute Gasteiger partial charge is 0.481 e. The van der Waals surface area contributed by atoms with E-state index < -0.39 is 18.4 Å². The van der Waals surface area contributed by atoms with Crippen LogP contribution < -0.4 is 0 Å². The number of hydrogen-bond donors (Lipinski definition) is 1. The third kappa shape index (κ3) is 3.82. The molecule has 0 atom stereocenters. The van der Waals surface area contributed by atoms with Crippen LogP contribution in [0.25, 0.3) is 0 Å². The number of carboxylic acid groups (broad SMARTS) is 1. The van der Waals surface area contributed by atoms with Crippen LogP contribution in [-0.2, 0) is 9.53 Å². The molecule has 0 saturated heterocycles. The minimum atomic E-state index is -4.61. The van der Waals surface area contributed by atoms with Crippen LogP contribution in [0, 0.1) is 5.92 Å². The van der Waals surface area contributed by atoms with Crippen molar-refractivity contribution in [2.75, 3.05) is 0 Å². The van der Waals surface area contributed by atoms with E-state index >= 15 is 0 Å². The lowest BCUT2D eigenvalue weighted by Gasteiger charge is -2.32. The molecule has 23 heavy (non-hydrogen) atoms. The molecule has 3 rings (SSSR count). The van der Waals surface area contributed by atoms with E-state index in [4.69, 9.17) is 9.52 Å². The van der Waals surface area contributed by atoms with Gasteiger partial charge < -0.3 is 9.52 Å². The largest absolute Gasteiger partial charge is 0.522 e. The van der Waals surface area contributed by atoms with Crippen molar-refractivity contribution in [2.24, 2.45) is 5.92 Å². The molecule has 9 heteroatoms. The number of carboxylic acids is 1. The molecule has 0 spiro atoms. The molecule has 1 aromatic rings. The molecule has 1 aromatic heterocycles. The number of carbonyl (C=O) groups is 1. The Hall–Kier alpha value is -1.64. The summed E-state index contributed by atoms with van der Waals surface area (Å²) in [6.45, 7) is 0. The molecule has 0 aliphatic heterocycles. The van der Waals surface area contributed by atoms with Gasteiger partial charge in [-0.3, -0.25) is 9.53 Å². The van der Waals surface area contributed by atoms with Gasteiger partial charge in [0.25, 0.3) is 0 Å². The van der Waals surface area contributed by atoms with E-state index in [-0.39, 0.29) is 30.6 Å². The van der Waals surface area contributed by atoms with Crippen molar-refractivity contribution in [1.82, 2.24) is 10.2 Å². The fraction of sp³-hybridized carbons (Fsp3) is 0.786. The zero-order chi connectivity index (χ0) is 16.6. The number of alkyl halides is 3. The number of aromatic nitrogens is 2. The highest BCUT2D eigenvalue weighted by Gasteiger charge is 2.42. The van der Waals surface area contributed by atoms with Crippen LogP contribution in [0.3, 0.4) is 0 Å². The third-order valence-corrected chi connectivity index (χ3v) is 4.63. The lowest BCUT2D eigenvalue weighted by Crippen LogP contribution is -2.34. The molecule has 0 radical (unpaired) electrons. The van der Waals surface area contributed by atoms with Crippen LogP contribution in [0.4, 0.5) is 13.2 Å². The van der Waals surface area contributed by atoms with Gasteiger partial charge in [0.15, 0.2) is 0 Å². The van der Waals surface area contributed by atoms with Gasteiger partial charge in [-0.2, -0.15) is 0 Å². The number of hydrogen-bond acceptors (Lipinski definition) is 5. The molecule has 0 unspecified atom stereocenters. The van der Waals surface area contributed by atoms with Crippen molar-refractivity contribution in [1.29, 1.82) is 0 Å². The molecular formula is C14H17F3N2O4. The van der Waals surface area contributed by atoms with Gasteiger partial charge >= 0.3 is 12.3 Å². The SMILES string of the molecule is O=C(O)C1CCC(c2nnc(C3CC(OC(F)(F)F)C3)o2)CC1. The standard InChI is InChI=1S/C14H17F3N2O4/c15-14(16,17)23-10-5-9(6-10)12-19-18-11(22-12)7-1-3-8(4-2-7)13(20)21/h7-10H,1-6H2,(H,20,21). The van der Waals surface area contributed by atoms with Crippen LogP contribution in [0.2, 0.25) is 0 Å². The topological polar surface area (TPSA) is 85.5 Å². The Balaban J connectivity index is 1.51. The lowest BCUT2D eigenvalue weighted by molar-refractivity contribution is -0.352. The number of nitrogens with zero attached hydrogens (tertiary/aromatic N) is 2. The summed E-state index contributed by atoms with van der Waals surface area (Å²) in [5.41, 5.74) is 0. The first-order chi connectivity index (χ1) is 10.8. The van der Waals surface area contributed by atoms with Crippen LogP contribution in [0.15, 0.2) is 4.42 Å². The third-order valence-electron chi connectivity index (χ3n) is 4.63. The Morgan fingerprint density at radius 2 is 1.65 bits per heavy atom. The summed E-state index contributed by atoms with van der Waals surface area (Å²) in [5.74, 6) is -0.445. The van der Waals surface area contributed by atoms with Crippen molar-refractivity contribution >= 4 is 5.97 Å². The predicted molar refractivity (Wildman–Crippen MR) is 69.5 cm³/mol. The summed E-state index contributed by atoms with van der Waals surface area (Å²) in [6, 6.07) is 0. The van der Waals surface area contributed by atoms with Crippen LogP contribution >= 0.6 is 0 Å². The molecule has 2 aliphatic rings. The first-order valence-corrected chi connectivity index (χ1v) is 7.62. The molecular weight excluding hydrogens is 317 g/mol. The van der Waals surface area contributed by atoms with Gasteiger partial charge in [-0.15, -0.1) is 23.4 Å². The molecule has 1 heterocycles. The summed E-state index contributed by atoms with van der Waals surface area (Å²) >= 11 is 0.